The molecule has 6 heteroatoms. The van der Waals surface area contributed by atoms with Crippen molar-refractivity contribution in [2.75, 3.05) is 0 Å². The van der Waals surface area contributed by atoms with Crippen LogP contribution in [0.2, 0.25) is 0 Å². The van der Waals surface area contributed by atoms with E-state index in [4.69, 9.17) is 5.73 Å². The van der Waals surface area contributed by atoms with E-state index in [9.17, 15) is 4.79 Å². The minimum Gasteiger partial charge on any atom is -0.364 e. The van der Waals surface area contributed by atoms with Crippen LogP contribution in [0.15, 0.2) is 12.3 Å². The maximum absolute atomic E-state index is 10.3. The molecule has 2 N–H and O–H groups in total. The number of primary amides is 1. The van der Waals surface area contributed by atoms with Crippen molar-refractivity contribution in [1.29, 1.82) is 0 Å². The Labute approximate surface area is 67.4 Å². The third kappa shape index (κ3) is 2.06. The lowest BCUT2D eigenvalue weighted by molar-refractivity contribution is 0.0994. The number of carbonyl (C=O) groups excluding carboxylic acids is 1. The number of nitrogens with two attached hydrogens (primary N) is 1. The van der Waals surface area contributed by atoms with Crippen molar-refractivity contribution in [3.05, 3.63) is 18.0 Å². The van der Waals surface area contributed by atoms with Crippen LogP contribution in [-0.4, -0.2) is 21.3 Å². The summed E-state index contributed by atoms with van der Waals surface area (Å²) in [6.07, 6.45) is 1.35. The highest BCUT2D eigenvalue weighted by molar-refractivity contribution is 8.93. The van der Waals surface area contributed by atoms with Gasteiger partial charge in [-0.25, -0.2) is 0 Å². The second-order valence-electron chi connectivity index (χ2n) is 1.37. The van der Waals surface area contributed by atoms with Crippen LogP contribution in [0.5, 0.6) is 0 Å². The summed E-state index contributed by atoms with van der Waals surface area (Å²) in [6, 6.07) is 1.40. The SMILES string of the molecule is Br.NC(=O)c1ccnnn1. The van der Waals surface area contributed by atoms with E-state index in [-0.39, 0.29) is 22.7 Å². The van der Waals surface area contributed by atoms with Gasteiger partial charge < -0.3 is 5.73 Å². The third-order valence-corrected chi connectivity index (χ3v) is 0.756. The topological polar surface area (TPSA) is 81.8 Å². The first-order chi connectivity index (χ1) is 4.30. The smallest absolute Gasteiger partial charge is 0.269 e. The Morgan fingerprint density at radius 1 is 1.60 bits per heavy atom. The van der Waals surface area contributed by atoms with E-state index in [1.807, 2.05) is 0 Å². The maximum atomic E-state index is 10.3. The van der Waals surface area contributed by atoms with E-state index in [0.29, 0.717) is 0 Å². The summed E-state index contributed by atoms with van der Waals surface area (Å²) in [5, 5.41) is 9.91. The molecule has 0 bridgehead atoms. The van der Waals surface area contributed by atoms with Gasteiger partial charge in [-0.05, 0) is 11.3 Å². The molecule has 1 heterocycles. The molecular formula is C4H5BrN4O. The zero-order valence-corrected chi connectivity index (χ0v) is 6.60. The van der Waals surface area contributed by atoms with Gasteiger partial charge >= 0.3 is 0 Å². The van der Waals surface area contributed by atoms with Crippen molar-refractivity contribution < 1.29 is 4.79 Å². The van der Waals surface area contributed by atoms with Crippen molar-refractivity contribution in [3.63, 3.8) is 0 Å². The zero-order valence-electron chi connectivity index (χ0n) is 4.89. The molecule has 0 aliphatic rings. The monoisotopic (exact) mass is 204 g/mol. The minimum atomic E-state index is -0.593. The minimum absolute atomic E-state index is 0. The molecule has 1 amide bonds. The molecule has 1 aromatic rings. The number of rotatable bonds is 1. The summed E-state index contributed by atoms with van der Waals surface area (Å²) in [4.78, 5) is 10.3. The highest BCUT2D eigenvalue weighted by Gasteiger charge is 1.98. The second-order valence-corrected chi connectivity index (χ2v) is 1.37. The van der Waals surface area contributed by atoms with Crippen LogP contribution in [0.4, 0.5) is 0 Å². The molecule has 0 aromatic carbocycles. The van der Waals surface area contributed by atoms with Gasteiger partial charge in [-0.2, -0.15) is 0 Å². The molecule has 0 fully saturated rings. The molecule has 0 radical (unpaired) electrons. The standard InChI is InChI=1S/C4H4N4O.BrH/c5-4(9)3-1-2-6-8-7-3;/h1-2H,(H2,5,9);1H. The van der Waals surface area contributed by atoms with Crippen molar-refractivity contribution in [2.45, 2.75) is 0 Å². The first kappa shape index (κ1) is 8.96. The summed E-state index contributed by atoms with van der Waals surface area (Å²) < 4.78 is 0. The van der Waals surface area contributed by atoms with Crippen LogP contribution < -0.4 is 5.73 Å². The number of carbonyl (C=O) groups is 1. The fourth-order valence-corrected chi connectivity index (χ4v) is 0.372. The average Bonchev–Trinajstić information content (AvgIpc) is 1.90. The molecule has 0 saturated heterocycles. The van der Waals surface area contributed by atoms with Crippen molar-refractivity contribution in [2.24, 2.45) is 5.73 Å². The van der Waals surface area contributed by atoms with Crippen LogP contribution in [0, 0.1) is 0 Å². The number of aromatic nitrogens is 3. The van der Waals surface area contributed by atoms with Gasteiger partial charge in [-0.3, -0.25) is 4.79 Å². The van der Waals surface area contributed by atoms with Gasteiger partial charge in [0.15, 0.2) is 5.69 Å². The lowest BCUT2D eigenvalue weighted by Gasteiger charge is -1.86. The Hall–Kier alpha value is -1.04. The van der Waals surface area contributed by atoms with E-state index in [1.165, 1.54) is 12.3 Å². The van der Waals surface area contributed by atoms with Gasteiger partial charge in [0.2, 0.25) is 0 Å². The summed E-state index contributed by atoms with van der Waals surface area (Å²) in [6.45, 7) is 0. The van der Waals surface area contributed by atoms with Gasteiger partial charge in [0.25, 0.3) is 5.91 Å². The number of hydrogen-bond acceptors (Lipinski definition) is 4. The van der Waals surface area contributed by atoms with Crippen LogP contribution in [0.3, 0.4) is 0 Å². The molecule has 0 saturated carbocycles. The molecule has 0 unspecified atom stereocenters. The molecule has 0 spiro atoms. The van der Waals surface area contributed by atoms with Crippen LogP contribution >= 0.6 is 17.0 Å². The van der Waals surface area contributed by atoms with Crippen LogP contribution in [-0.2, 0) is 0 Å². The largest absolute Gasteiger partial charge is 0.364 e. The summed E-state index contributed by atoms with van der Waals surface area (Å²) >= 11 is 0. The van der Waals surface area contributed by atoms with E-state index >= 15 is 0 Å². The predicted octanol–water partition coefficient (Wildman–Crippen LogP) is -0.452. The maximum Gasteiger partial charge on any atom is 0.269 e. The number of nitrogens with zero attached hydrogens (tertiary/aromatic N) is 3. The highest BCUT2D eigenvalue weighted by Crippen LogP contribution is 1.83. The van der Waals surface area contributed by atoms with Gasteiger partial charge in [-0.15, -0.1) is 27.2 Å². The average molecular weight is 205 g/mol. The number of amides is 1. The van der Waals surface area contributed by atoms with Crippen LogP contribution in [0.1, 0.15) is 10.5 Å². The van der Waals surface area contributed by atoms with Crippen molar-refractivity contribution in [1.82, 2.24) is 15.4 Å². The summed E-state index contributed by atoms with van der Waals surface area (Å²) in [7, 11) is 0. The molecule has 10 heavy (non-hydrogen) atoms. The van der Waals surface area contributed by atoms with Gasteiger partial charge in [0, 0.05) is 0 Å². The fraction of sp³-hybridized carbons (Fsp3) is 0. The first-order valence-corrected chi connectivity index (χ1v) is 2.25. The van der Waals surface area contributed by atoms with E-state index in [2.05, 4.69) is 15.4 Å². The quantitative estimate of drug-likeness (QED) is 0.672. The van der Waals surface area contributed by atoms with Crippen LogP contribution in [0.25, 0.3) is 0 Å². The highest BCUT2D eigenvalue weighted by atomic mass is 79.9. The Kier molecular flexibility index (Phi) is 3.48. The lowest BCUT2D eigenvalue weighted by Crippen LogP contribution is -2.13. The van der Waals surface area contributed by atoms with Gasteiger partial charge in [0.05, 0.1) is 6.20 Å². The molecule has 0 aliphatic heterocycles. The second kappa shape index (κ2) is 3.89. The van der Waals surface area contributed by atoms with E-state index in [1.54, 1.807) is 0 Å². The fourth-order valence-electron chi connectivity index (χ4n) is 0.372. The molecule has 5 nitrogen and oxygen atoms in total. The Morgan fingerprint density at radius 2 is 2.30 bits per heavy atom. The molecule has 1 rings (SSSR count). The van der Waals surface area contributed by atoms with Crippen molar-refractivity contribution >= 4 is 22.9 Å². The summed E-state index contributed by atoms with van der Waals surface area (Å²) in [5.74, 6) is -0.593. The Morgan fingerprint density at radius 3 is 2.60 bits per heavy atom. The molecule has 0 aliphatic carbocycles. The normalized spacial score (nSPS) is 8.00. The Balaban J connectivity index is 0.000000810. The van der Waals surface area contributed by atoms with Gasteiger partial charge in [-0.1, -0.05) is 0 Å². The number of hydrogen-bond donors (Lipinski definition) is 1. The molecule has 54 valence electrons. The zero-order chi connectivity index (χ0) is 6.69. The van der Waals surface area contributed by atoms with E-state index in [0.717, 1.165) is 0 Å². The summed E-state index contributed by atoms with van der Waals surface area (Å²) in [5.41, 5.74) is 4.97. The van der Waals surface area contributed by atoms with Crippen molar-refractivity contribution in [3.8, 4) is 0 Å². The molecular weight excluding hydrogens is 200 g/mol. The Bertz CT molecular complexity index is 214. The number of halogens is 1. The predicted molar refractivity (Wildman–Crippen MR) is 38.7 cm³/mol. The van der Waals surface area contributed by atoms with Gasteiger partial charge in [0.1, 0.15) is 0 Å². The van der Waals surface area contributed by atoms with E-state index < -0.39 is 5.91 Å². The lowest BCUT2D eigenvalue weighted by atomic mass is 10.4. The molecule has 0 atom stereocenters. The third-order valence-electron chi connectivity index (χ3n) is 0.756. The molecule has 1 aromatic heterocycles. The first-order valence-electron chi connectivity index (χ1n) is 2.25.